The molecule has 6 heteroatoms. The highest BCUT2D eigenvalue weighted by Crippen LogP contribution is 2.23. The molecule has 1 N–H and O–H groups in total. The second-order valence-corrected chi connectivity index (χ2v) is 4.88. The van der Waals surface area contributed by atoms with Gasteiger partial charge in [-0.15, -0.1) is 10.2 Å². The monoisotopic (exact) mass is 283 g/mol. The summed E-state index contributed by atoms with van der Waals surface area (Å²) in [5.41, 5.74) is 2.51. The van der Waals surface area contributed by atoms with Gasteiger partial charge in [-0.3, -0.25) is 9.97 Å². The molecule has 3 rings (SSSR count). The van der Waals surface area contributed by atoms with Gasteiger partial charge in [0, 0.05) is 18.0 Å². The van der Waals surface area contributed by atoms with Crippen molar-refractivity contribution in [3.63, 3.8) is 0 Å². The van der Waals surface area contributed by atoms with Gasteiger partial charge in [-0.2, -0.15) is 0 Å². The van der Waals surface area contributed by atoms with Crippen LogP contribution in [0.25, 0.3) is 22.5 Å². The summed E-state index contributed by atoms with van der Waals surface area (Å²) in [6, 6.07) is 5.77. The molecule has 0 amide bonds. The molecule has 1 unspecified atom stereocenters. The Balaban J connectivity index is 1.87. The fourth-order valence-electron chi connectivity index (χ4n) is 2.07. The first kappa shape index (κ1) is 13.6. The minimum atomic E-state index is 0.0476. The Labute approximate surface area is 122 Å². The zero-order valence-corrected chi connectivity index (χ0v) is 12.1. The van der Waals surface area contributed by atoms with Crippen molar-refractivity contribution in [3.05, 3.63) is 36.5 Å². The number of nitrogens with zero attached hydrogens (tertiary/aromatic N) is 4. The van der Waals surface area contributed by atoms with Gasteiger partial charge < -0.3 is 9.73 Å². The summed E-state index contributed by atoms with van der Waals surface area (Å²) in [5, 5.41) is 11.6. The fourth-order valence-corrected chi connectivity index (χ4v) is 2.07. The standard InChI is InChI=1S/C15H17N5O/c1-3-6-16-10(2)14-19-20-15(21-14)11-4-5-12-13(9-11)18-8-7-17-12/h4-5,7-10,16H,3,6H2,1-2H3. The van der Waals surface area contributed by atoms with Crippen molar-refractivity contribution in [2.24, 2.45) is 0 Å². The molecule has 0 saturated carbocycles. The van der Waals surface area contributed by atoms with Crippen LogP contribution in [-0.2, 0) is 0 Å². The van der Waals surface area contributed by atoms with Gasteiger partial charge in [-0.25, -0.2) is 0 Å². The third-order valence-corrected chi connectivity index (χ3v) is 3.23. The summed E-state index contributed by atoms with van der Waals surface area (Å²) in [6.07, 6.45) is 4.41. The second-order valence-electron chi connectivity index (χ2n) is 4.88. The molecule has 0 fully saturated rings. The Morgan fingerprint density at radius 1 is 1.14 bits per heavy atom. The number of benzene rings is 1. The minimum absolute atomic E-state index is 0.0476. The first-order valence-electron chi connectivity index (χ1n) is 7.06. The molecular formula is C15H17N5O. The Morgan fingerprint density at radius 3 is 2.76 bits per heavy atom. The van der Waals surface area contributed by atoms with E-state index in [1.807, 2.05) is 25.1 Å². The Hall–Kier alpha value is -2.34. The molecule has 0 spiro atoms. The lowest BCUT2D eigenvalue weighted by Crippen LogP contribution is -2.19. The van der Waals surface area contributed by atoms with E-state index in [0.29, 0.717) is 11.8 Å². The van der Waals surface area contributed by atoms with E-state index in [1.54, 1.807) is 12.4 Å². The van der Waals surface area contributed by atoms with E-state index in [9.17, 15) is 0 Å². The molecule has 1 aromatic carbocycles. The van der Waals surface area contributed by atoms with Crippen molar-refractivity contribution in [3.8, 4) is 11.5 Å². The van der Waals surface area contributed by atoms with Gasteiger partial charge in [0.2, 0.25) is 11.8 Å². The van der Waals surface area contributed by atoms with Crippen molar-refractivity contribution in [1.82, 2.24) is 25.5 Å². The zero-order valence-electron chi connectivity index (χ0n) is 12.1. The molecule has 2 heterocycles. The Morgan fingerprint density at radius 2 is 1.95 bits per heavy atom. The van der Waals surface area contributed by atoms with E-state index in [1.165, 1.54) is 0 Å². The van der Waals surface area contributed by atoms with Crippen molar-refractivity contribution in [1.29, 1.82) is 0 Å². The van der Waals surface area contributed by atoms with Crippen LogP contribution in [0.4, 0.5) is 0 Å². The van der Waals surface area contributed by atoms with E-state index in [2.05, 4.69) is 32.4 Å². The first-order valence-corrected chi connectivity index (χ1v) is 7.06. The van der Waals surface area contributed by atoms with Crippen molar-refractivity contribution < 1.29 is 4.42 Å². The first-order chi connectivity index (χ1) is 10.3. The van der Waals surface area contributed by atoms with Crippen LogP contribution in [0.5, 0.6) is 0 Å². The smallest absolute Gasteiger partial charge is 0.247 e. The number of hydrogen-bond acceptors (Lipinski definition) is 6. The number of rotatable bonds is 5. The van der Waals surface area contributed by atoms with Crippen LogP contribution < -0.4 is 5.32 Å². The fraction of sp³-hybridized carbons (Fsp3) is 0.333. The van der Waals surface area contributed by atoms with Gasteiger partial charge in [-0.1, -0.05) is 6.92 Å². The van der Waals surface area contributed by atoms with E-state index in [4.69, 9.17) is 4.42 Å². The molecule has 3 aromatic rings. The van der Waals surface area contributed by atoms with Gasteiger partial charge in [0.05, 0.1) is 17.1 Å². The molecule has 2 aromatic heterocycles. The molecular weight excluding hydrogens is 266 g/mol. The zero-order chi connectivity index (χ0) is 14.7. The maximum Gasteiger partial charge on any atom is 0.247 e. The molecule has 0 aliphatic heterocycles. The third kappa shape index (κ3) is 2.90. The predicted octanol–water partition coefficient (Wildman–Crippen LogP) is 2.74. The Kier molecular flexibility index (Phi) is 3.87. The number of aromatic nitrogens is 4. The summed E-state index contributed by atoms with van der Waals surface area (Å²) < 4.78 is 5.74. The Bertz CT molecular complexity index is 740. The average molecular weight is 283 g/mol. The molecule has 108 valence electrons. The van der Waals surface area contributed by atoms with Gasteiger partial charge >= 0.3 is 0 Å². The minimum Gasteiger partial charge on any atom is -0.419 e. The van der Waals surface area contributed by atoms with Crippen LogP contribution in [0, 0.1) is 0 Å². The van der Waals surface area contributed by atoms with Crippen molar-refractivity contribution >= 4 is 11.0 Å². The largest absolute Gasteiger partial charge is 0.419 e. The molecule has 0 aliphatic carbocycles. The molecule has 21 heavy (non-hydrogen) atoms. The maximum atomic E-state index is 5.74. The summed E-state index contributed by atoms with van der Waals surface area (Å²) in [4.78, 5) is 8.53. The average Bonchev–Trinajstić information content (AvgIpc) is 3.02. The quantitative estimate of drug-likeness (QED) is 0.776. The highest BCUT2D eigenvalue weighted by atomic mass is 16.4. The molecule has 1 atom stereocenters. The van der Waals surface area contributed by atoms with E-state index in [-0.39, 0.29) is 6.04 Å². The van der Waals surface area contributed by atoms with Gasteiger partial charge in [-0.05, 0) is 38.1 Å². The lowest BCUT2D eigenvalue weighted by atomic mass is 10.2. The summed E-state index contributed by atoms with van der Waals surface area (Å²) in [7, 11) is 0. The molecule has 0 aliphatic rings. The summed E-state index contributed by atoms with van der Waals surface area (Å²) >= 11 is 0. The van der Waals surface area contributed by atoms with Crippen LogP contribution in [0.1, 0.15) is 32.2 Å². The number of hydrogen-bond donors (Lipinski definition) is 1. The van der Waals surface area contributed by atoms with E-state index >= 15 is 0 Å². The molecule has 0 radical (unpaired) electrons. The van der Waals surface area contributed by atoms with Crippen molar-refractivity contribution in [2.75, 3.05) is 6.54 Å². The maximum absolute atomic E-state index is 5.74. The lowest BCUT2D eigenvalue weighted by Gasteiger charge is -2.07. The predicted molar refractivity (Wildman–Crippen MR) is 79.5 cm³/mol. The number of nitrogens with one attached hydrogen (secondary N) is 1. The molecule has 0 bridgehead atoms. The lowest BCUT2D eigenvalue weighted by molar-refractivity contribution is 0.423. The van der Waals surface area contributed by atoms with Crippen LogP contribution in [0.3, 0.4) is 0 Å². The van der Waals surface area contributed by atoms with E-state index < -0.39 is 0 Å². The third-order valence-electron chi connectivity index (χ3n) is 3.23. The summed E-state index contributed by atoms with van der Waals surface area (Å²) in [5.74, 6) is 1.10. The molecule has 0 saturated heterocycles. The number of fused-ring (bicyclic) bond motifs is 1. The van der Waals surface area contributed by atoms with Crippen LogP contribution >= 0.6 is 0 Å². The van der Waals surface area contributed by atoms with Crippen LogP contribution in [0.2, 0.25) is 0 Å². The highest BCUT2D eigenvalue weighted by Gasteiger charge is 2.14. The van der Waals surface area contributed by atoms with E-state index in [0.717, 1.165) is 29.6 Å². The summed E-state index contributed by atoms with van der Waals surface area (Å²) in [6.45, 7) is 5.05. The van der Waals surface area contributed by atoms with Gasteiger partial charge in [0.15, 0.2) is 0 Å². The van der Waals surface area contributed by atoms with Crippen molar-refractivity contribution in [2.45, 2.75) is 26.3 Å². The van der Waals surface area contributed by atoms with Crippen LogP contribution in [-0.4, -0.2) is 26.7 Å². The van der Waals surface area contributed by atoms with Gasteiger partial charge in [0.25, 0.3) is 0 Å². The van der Waals surface area contributed by atoms with Gasteiger partial charge in [0.1, 0.15) is 0 Å². The highest BCUT2D eigenvalue weighted by molar-refractivity contribution is 5.78. The topological polar surface area (TPSA) is 76.7 Å². The van der Waals surface area contributed by atoms with Crippen LogP contribution in [0.15, 0.2) is 35.0 Å². The SMILES string of the molecule is CCCNC(C)c1nnc(-c2ccc3nccnc3c2)o1. The normalized spacial score (nSPS) is 12.7. The second kappa shape index (κ2) is 5.97. The molecule has 6 nitrogen and oxygen atoms in total.